The van der Waals surface area contributed by atoms with E-state index in [-0.39, 0.29) is 0 Å². The summed E-state index contributed by atoms with van der Waals surface area (Å²) in [5, 5.41) is 13.0. The molecule has 0 bridgehead atoms. The van der Waals surface area contributed by atoms with Crippen molar-refractivity contribution >= 4 is 0 Å². The maximum absolute atomic E-state index is 9.48. The topological polar surface area (TPSA) is 45.0 Å². The van der Waals surface area contributed by atoms with Gasteiger partial charge in [-0.2, -0.15) is 5.26 Å². The molecule has 0 aliphatic heterocycles. The first-order valence-corrected chi connectivity index (χ1v) is 6.93. The Morgan fingerprint density at radius 3 is 2.53 bits per heavy atom. The van der Waals surface area contributed by atoms with Crippen LogP contribution in [0, 0.1) is 23.2 Å². The van der Waals surface area contributed by atoms with Crippen LogP contribution in [-0.4, -0.2) is 24.8 Å². The van der Waals surface area contributed by atoms with Gasteiger partial charge in [0.1, 0.15) is 5.54 Å². The van der Waals surface area contributed by atoms with E-state index in [1.54, 1.807) is 0 Å². The minimum absolute atomic E-state index is 0.391. The highest BCUT2D eigenvalue weighted by atomic mass is 16.5. The van der Waals surface area contributed by atoms with Gasteiger partial charge in [0.2, 0.25) is 0 Å². The third-order valence-corrected chi connectivity index (χ3v) is 3.68. The van der Waals surface area contributed by atoms with E-state index in [0.717, 1.165) is 13.0 Å². The van der Waals surface area contributed by atoms with Crippen molar-refractivity contribution < 1.29 is 4.74 Å². The summed E-state index contributed by atoms with van der Waals surface area (Å²) in [5.41, 5.74) is -0.391. The average molecular weight is 236 g/mol. The van der Waals surface area contributed by atoms with E-state index in [1.807, 2.05) is 0 Å². The number of nitrogens with zero attached hydrogens (tertiary/aromatic N) is 1. The second-order valence-electron chi connectivity index (χ2n) is 6.01. The van der Waals surface area contributed by atoms with Crippen molar-refractivity contribution in [3.05, 3.63) is 0 Å². The van der Waals surface area contributed by atoms with Gasteiger partial charge in [-0.25, -0.2) is 0 Å². The second kappa shape index (κ2) is 5.37. The summed E-state index contributed by atoms with van der Waals surface area (Å²) in [4.78, 5) is 0. The van der Waals surface area contributed by atoms with Crippen LogP contribution >= 0.6 is 0 Å². The average Bonchev–Trinajstić information content (AvgIpc) is 3.14. The highest BCUT2D eigenvalue weighted by Crippen LogP contribution is 2.41. The lowest BCUT2D eigenvalue weighted by Gasteiger charge is -2.28. The third-order valence-electron chi connectivity index (χ3n) is 3.68. The molecule has 2 saturated carbocycles. The first kappa shape index (κ1) is 12.9. The molecule has 0 aromatic carbocycles. The van der Waals surface area contributed by atoms with E-state index in [2.05, 4.69) is 25.2 Å². The minimum atomic E-state index is -0.391. The number of nitriles is 1. The van der Waals surface area contributed by atoms with Gasteiger partial charge in [-0.05, 0) is 43.9 Å². The fourth-order valence-electron chi connectivity index (χ4n) is 2.15. The molecule has 2 aliphatic rings. The Kier molecular flexibility index (Phi) is 4.06. The molecule has 1 atom stereocenters. The SMILES string of the molecule is CC(C)CCOCC(C#N)(NC1CC1)C1CC1. The van der Waals surface area contributed by atoms with Crippen molar-refractivity contribution in [2.75, 3.05) is 13.2 Å². The van der Waals surface area contributed by atoms with Gasteiger partial charge in [-0.1, -0.05) is 13.8 Å². The van der Waals surface area contributed by atoms with Crippen LogP contribution < -0.4 is 5.32 Å². The first-order valence-electron chi connectivity index (χ1n) is 6.93. The van der Waals surface area contributed by atoms with Gasteiger partial charge in [-0.15, -0.1) is 0 Å². The molecular formula is C14H24N2O. The molecule has 0 heterocycles. The quantitative estimate of drug-likeness (QED) is 0.658. The van der Waals surface area contributed by atoms with Gasteiger partial charge in [0.05, 0.1) is 12.7 Å². The number of nitrogens with one attached hydrogen (secondary N) is 1. The molecule has 1 unspecified atom stereocenters. The van der Waals surface area contributed by atoms with E-state index >= 15 is 0 Å². The molecule has 3 heteroatoms. The molecule has 0 radical (unpaired) electrons. The van der Waals surface area contributed by atoms with E-state index in [4.69, 9.17) is 4.74 Å². The molecule has 17 heavy (non-hydrogen) atoms. The summed E-state index contributed by atoms with van der Waals surface area (Å²) in [5.74, 6) is 1.19. The van der Waals surface area contributed by atoms with Crippen molar-refractivity contribution in [2.45, 2.75) is 57.5 Å². The normalized spacial score (nSPS) is 23.4. The van der Waals surface area contributed by atoms with E-state index in [9.17, 15) is 5.26 Å². The van der Waals surface area contributed by atoms with E-state index in [1.165, 1.54) is 25.7 Å². The van der Waals surface area contributed by atoms with E-state index < -0.39 is 5.54 Å². The van der Waals surface area contributed by atoms with Crippen molar-refractivity contribution in [1.29, 1.82) is 5.26 Å². The number of ether oxygens (including phenoxy) is 1. The molecular weight excluding hydrogens is 212 g/mol. The molecule has 0 spiro atoms. The highest BCUT2D eigenvalue weighted by Gasteiger charge is 2.48. The van der Waals surface area contributed by atoms with Gasteiger partial charge in [0.25, 0.3) is 0 Å². The van der Waals surface area contributed by atoms with Crippen LogP contribution in [0.4, 0.5) is 0 Å². The molecule has 0 saturated heterocycles. The van der Waals surface area contributed by atoms with Crippen LogP contribution in [0.1, 0.15) is 46.0 Å². The molecule has 2 rings (SSSR count). The summed E-state index contributed by atoms with van der Waals surface area (Å²) in [7, 11) is 0. The number of hydrogen-bond acceptors (Lipinski definition) is 3. The largest absolute Gasteiger partial charge is 0.378 e. The van der Waals surface area contributed by atoms with Gasteiger partial charge in [-0.3, -0.25) is 5.32 Å². The van der Waals surface area contributed by atoms with Gasteiger partial charge in [0.15, 0.2) is 0 Å². The summed E-state index contributed by atoms with van der Waals surface area (Å²) in [6.45, 7) is 5.74. The summed E-state index contributed by atoms with van der Waals surface area (Å²) in [6, 6.07) is 3.07. The molecule has 1 N–H and O–H groups in total. The lowest BCUT2D eigenvalue weighted by molar-refractivity contribution is 0.0731. The zero-order chi connectivity index (χ0) is 12.3. The van der Waals surface area contributed by atoms with Crippen molar-refractivity contribution in [2.24, 2.45) is 11.8 Å². The lowest BCUT2D eigenvalue weighted by Crippen LogP contribution is -2.51. The summed E-state index contributed by atoms with van der Waals surface area (Å²) in [6.07, 6.45) is 5.89. The Morgan fingerprint density at radius 1 is 1.35 bits per heavy atom. The van der Waals surface area contributed by atoms with Crippen LogP contribution in [0.25, 0.3) is 0 Å². The van der Waals surface area contributed by atoms with Gasteiger partial charge >= 0.3 is 0 Å². The van der Waals surface area contributed by atoms with Crippen LogP contribution in [0.3, 0.4) is 0 Å². The third kappa shape index (κ3) is 3.69. The van der Waals surface area contributed by atoms with Crippen LogP contribution in [-0.2, 0) is 4.74 Å². The molecule has 2 aliphatic carbocycles. The molecule has 0 aromatic heterocycles. The zero-order valence-electron chi connectivity index (χ0n) is 11.0. The van der Waals surface area contributed by atoms with Crippen molar-refractivity contribution in [3.8, 4) is 6.07 Å². The van der Waals surface area contributed by atoms with Gasteiger partial charge < -0.3 is 4.74 Å². The first-order chi connectivity index (χ1) is 8.16. The smallest absolute Gasteiger partial charge is 0.133 e. The standard InChI is InChI=1S/C14H24N2O/c1-11(2)7-8-17-10-14(9-15,12-3-4-12)16-13-5-6-13/h11-13,16H,3-8,10H2,1-2H3. The number of hydrogen-bond donors (Lipinski definition) is 1. The van der Waals surface area contributed by atoms with E-state index in [0.29, 0.717) is 24.5 Å². The lowest BCUT2D eigenvalue weighted by atomic mass is 9.96. The van der Waals surface area contributed by atoms with Crippen LogP contribution in [0.2, 0.25) is 0 Å². The Bertz CT molecular complexity index is 289. The predicted octanol–water partition coefficient (Wildman–Crippen LogP) is 2.47. The minimum Gasteiger partial charge on any atom is -0.378 e. The molecule has 3 nitrogen and oxygen atoms in total. The second-order valence-corrected chi connectivity index (χ2v) is 6.01. The Labute approximate surface area is 105 Å². The molecule has 2 fully saturated rings. The highest BCUT2D eigenvalue weighted by molar-refractivity contribution is 5.17. The monoisotopic (exact) mass is 236 g/mol. The Hall–Kier alpha value is -0.590. The zero-order valence-corrected chi connectivity index (χ0v) is 11.0. The van der Waals surface area contributed by atoms with Crippen LogP contribution in [0.15, 0.2) is 0 Å². The predicted molar refractivity (Wildman–Crippen MR) is 67.5 cm³/mol. The van der Waals surface area contributed by atoms with Crippen LogP contribution in [0.5, 0.6) is 0 Å². The van der Waals surface area contributed by atoms with Gasteiger partial charge in [0, 0.05) is 12.6 Å². The molecule has 0 amide bonds. The fourth-order valence-corrected chi connectivity index (χ4v) is 2.15. The molecule has 96 valence electrons. The Morgan fingerprint density at radius 2 is 2.06 bits per heavy atom. The summed E-state index contributed by atoms with van der Waals surface area (Å²) >= 11 is 0. The maximum atomic E-state index is 9.48. The summed E-state index contributed by atoms with van der Waals surface area (Å²) < 4.78 is 5.75. The Balaban J connectivity index is 1.80. The van der Waals surface area contributed by atoms with Crippen molar-refractivity contribution in [1.82, 2.24) is 5.32 Å². The van der Waals surface area contributed by atoms with Crippen molar-refractivity contribution in [3.63, 3.8) is 0 Å². The molecule has 0 aromatic rings. The number of rotatable bonds is 8. The maximum Gasteiger partial charge on any atom is 0.133 e. The fraction of sp³-hybridized carbons (Fsp3) is 0.929.